The van der Waals surface area contributed by atoms with E-state index in [-0.39, 0.29) is 24.4 Å². The van der Waals surface area contributed by atoms with Crippen molar-refractivity contribution in [3.63, 3.8) is 0 Å². The zero-order valence-electron chi connectivity index (χ0n) is 21.9. The Balaban J connectivity index is 1.54. The summed E-state index contributed by atoms with van der Waals surface area (Å²) in [5, 5.41) is 6.31. The normalized spacial score (nSPS) is 17.9. The van der Waals surface area contributed by atoms with Crippen molar-refractivity contribution in [3.8, 4) is 11.5 Å². The summed E-state index contributed by atoms with van der Waals surface area (Å²) >= 11 is 0. The van der Waals surface area contributed by atoms with Gasteiger partial charge in [0.1, 0.15) is 18.0 Å². The monoisotopic (exact) mass is 508 g/mol. The van der Waals surface area contributed by atoms with Crippen molar-refractivity contribution < 1.29 is 23.8 Å². The molecule has 198 valence electrons. The Morgan fingerprint density at radius 1 is 1.00 bits per heavy atom. The molecule has 2 aromatic carbocycles. The molecule has 2 aliphatic rings. The van der Waals surface area contributed by atoms with E-state index >= 15 is 0 Å². The molecule has 0 radical (unpaired) electrons. The van der Waals surface area contributed by atoms with Gasteiger partial charge in [0, 0.05) is 39.0 Å². The van der Waals surface area contributed by atoms with E-state index in [0.717, 1.165) is 41.4 Å². The zero-order valence-corrected chi connectivity index (χ0v) is 21.9. The molecule has 0 aliphatic carbocycles. The third kappa shape index (κ3) is 6.67. The fourth-order valence-electron chi connectivity index (χ4n) is 4.62. The van der Waals surface area contributed by atoms with E-state index in [1.165, 1.54) is 0 Å². The number of hydrazone groups is 1. The maximum atomic E-state index is 13.7. The number of ether oxygens (including phenoxy) is 3. The van der Waals surface area contributed by atoms with Crippen LogP contribution in [0.1, 0.15) is 36.9 Å². The lowest BCUT2D eigenvalue weighted by molar-refractivity contribution is -0.141. The molecule has 9 heteroatoms. The number of hydrogen-bond donors (Lipinski definition) is 0. The van der Waals surface area contributed by atoms with E-state index in [9.17, 15) is 9.59 Å². The highest BCUT2D eigenvalue weighted by Crippen LogP contribution is 2.34. The van der Waals surface area contributed by atoms with Crippen LogP contribution < -0.4 is 9.47 Å². The second-order valence-corrected chi connectivity index (χ2v) is 9.13. The number of morpholine rings is 1. The first-order valence-corrected chi connectivity index (χ1v) is 12.8. The third-order valence-corrected chi connectivity index (χ3v) is 6.86. The molecule has 1 atom stereocenters. The van der Waals surface area contributed by atoms with Gasteiger partial charge in [-0.3, -0.25) is 14.5 Å². The lowest BCUT2D eigenvalue weighted by Gasteiger charge is -2.31. The van der Waals surface area contributed by atoms with Gasteiger partial charge in [-0.05, 0) is 47.5 Å². The van der Waals surface area contributed by atoms with Crippen LogP contribution in [0.4, 0.5) is 0 Å². The third-order valence-electron chi connectivity index (χ3n) is 6.86. The van der Waals surface area contributed by atoms with Gasteiger partial charge in [0.05, 0.1) is 39.2 Å². The Morgan fingerprint density at radius 2 is 1.62 bits per heavy atom. The smallest absolute Gasteiger partial charge is 0.262 e. The Labute approximate surface area is 218 Å². The lowest BCUT2D eigenvalue weighted by Crippen LogP contribution is -2.46. The number of benzene rings is 2. The number of rotatable bonds is 10. The highest BCUT2D eigenvalue weighted by atomic mass is 16.5. The molecule has 1 saturated heterocycles. The molecule has 9 nitrogen and oxygen atoms in total. The van der Waals surface area contributed by atoms with Crippen LogP contribution >= 0.6 is 0 Å². The zero-order chi connectivity index (χ0) is 26.2. The Morgan fingerprint density at radius 3 is 2.22 bits per heavy atom. The lowest BCUT2D eigenvalue weighted by atomic mass is 9.98. The van der Waals surface area contributed by atoms with Crippen molar-refractivity contribution in [2.24, 2.45) is 5.10 Å². The van der Waals surface area contributed by atoms with Crippen LogP contribution in [-0.4, -0.2) is 92.5 Å². The van der Waals surface area contributed by atoms with Crippen molar-refractivity contribution in [3.05, 3.63) is 59.7 Å². The van der Waals surface area contributed by atoms with Crippen LogP contribution in [-0.2, 0) is 14.3 Å². The van der Waals surface area contributed by atoms with Gasteiger partial charge in [0.15, 0.2) is 0 Å². The number of carbonyl (C=O) groups is 2. The van der Waals surface area contributed by atoms with Gasteiger partial charge in [-0.25, -0.2) is 5.01 Å². The summed E-state index contributed by atoms with van der Waals surface area (Å²) in [6.07, 6.45) is 0.915. The summed E-state index contributed by atoms with van der Waals surface area (Å²) < 4.78 is 16.0. The highest BCUT2D eigenvalue weighted by molar-refractivity contribution is 6.03. The van der Waals surface area contributed by atoms with E-state index < -0.39 is 0 Å². The van der Waals surface area contributed by atoms with Gasteiger partial charge in [-0.1, -0.05) is 19.1 Å². The van der Waals surface area contributed by atoms with Crippen molar-refractivity contribution in [1.82, 2.24) is 14.8 Å². The van der Waals surface area contributed by atoms with Gasteiger partial charge < -0.3 is 19.1 Å². The van der Waals surface area contributed by atoms with Gasteiger partial charge in [-0.15, -0.1) is 0 Å². The molecule has 0 aromatic heterocycles. The predicted molar refractivity (Wildman–Crippen MR) is 141 cm³/mol. The van der Waals surface area contributed by atoms with Crippen LogP contribution in [0.15, 0.2) is 53.6 Å². The number of nitrogens with zero attached hydrogens (tertiary/aromatic N) is 4. The quantitative estimate of drug-likeness (QED) is 0.491. The van der Waals surface area contributed by atoms with E-state index in [4.69, 9.17) is 19.3 Å². The molecule has 37 heavy (non-hydrogen) atoms. The van der Waals surface area contributed by atoms with Crippen molar-refractivity contribution in [2.75, 3.05) is 60.2 Å². The Kier molecular flexibility index (Phi) is 9.14. The van der Waals surface area contributed by atoms with Crippen molar-refractivity contribution in [1.29, 1.82) is 0 Å². The molecule has 2 aliphatic heterocycles. The van der Waals surface area contributed by atoms with Crippen LogP contribution in [0, 0.1) is 0 Å². The van der Waals surface area contributed by atoms with E-state index in [2.05, 4.69) is 4.90 Å². The van der Waals surface area contributed by atoms with Gasteiger partial charge >= 0.3 is 0 Å². The molecule has 2 aromatic rings. The van der Waals surface area contributed by atoms with Gasteiger partial charge in [-0.2, -0.15) is 5.10 Å². The molecule has 1 fully saturated rings. The molecule has 0 N–H and O–H groups in total. The molecule has 0 unspecified atom stereocenters. The predicted octanol–water partition coefficient (Wildman–Crippen LogP) is 2.95. The number of carbonyl (C=O) groups excluding carboxylic acids is 2. The largest absolute Gasteiger partial charge is 0.497 e. The Bertz CT molecular complexity index is 1080. The van der Waals surface area contributed by atoms with Crippen LogP contribution in [0.5, 0.6) is 11.5 Å². The second kappa shape index (κ2) is 12.7. The molecule has 4 rings (SSSR count). The SMILES string of the molecule is CCC(=O)N(CCN1CCOCC1)CC(=O)N1N=C(c2ccc(OC)cc2)C[C@@H]1c1ccc(OC)cc1. The summed E-state index contributed by atoms with van der Waals surface area (Å²) in [6, 6.07) is 15.1. The van der Waals surface area contributed by atoms with Gasteiger partial charge in [0.2, 0.25) is 5.91 Å². The average Bonchev–Trinajstić information content (AvgIpc) is 3.41. The number of methoxy groups -OCH3 is 2. The van der Waals surface area contributed by atoms with E-state index in [0.29, 0.717) is 39.1 Å². The Hall–Kier alpha value is -3.43. The molecular weight excluding hydrogens is 472 g/mol. The fraction of sp³-hybridized carbons (Fsp3) is 0.464. The summed E-state index contributed by atoms with van der Waals surface area (Å²) in [5.74, 6) is 1.27. The standard InChI is InChI=1S/C28H36N4O5/c1-4-27(33)31(14-13-30-15-17-37-18-16-30)20-28(34)32-26(22-7-11-24(36-3)12-8-22)19-25(29-32)21-5-9-23(35-2)10-6-21/h5-12,26H,4,13-20H2,1-3H3/t26-/m1/s1. The molecule has 0 bridgehead atoms. The average molecular weight is 509 g/mol. The minimum absolute atomic E-state index is 0.0109. The molecule has 2 amide bonds. The summed E-state index contributed by atoms with van der Waals surface area (Å²) in [4.78, 5) is 30.3. The maximum Gasteiger partial charge on any atom is 0.262 e. The topological polar surface area (TPSA) is 83.9 Å². The first-order valence-electron chi connectivity index (χ1n) is 12.8. The first kappa shape index (κ1) is 26.6. The summed E-state index contributed by atoms with van der Waals surface area (Å²) in [7, 11) is 3.26. The molecule has 0 saturated carbocycles. The fourth-order valence-corrected chi connectivity index (χ4v) is 4.62. The number of hydrogen-bond acceptors (Lipinski definition) is 7. The second-order valence-electron chi connectivity index (χ2n) is 9.13. The summed E-state index contributed by atoms with van der Waals surface area (Å²) in [6.45, 7) is 6.08. The summed E-state index contributed by atoms with van der Waals surface area (Å²) in [5.41, 5.74) is 2.71. The first-order chi connectivity index (χ1) is 18.0. The van der Waals surface area contributed by atoms with Crippen LogP contribution in [0.2, 0.25) is 0 Å². The van der Waals surface area contributed by atoms with Crippen molar-refractivity contribution >= 4 is 17.5 Å². The van der Waals surface area contributed by atoms with Crippen molar-refractivity contribution in [2.45, 2.75) is 25.8 Å². The van der Waals surface area contributed by atoms with Gasteiger partial charge in [0.25, 0.3) is 5.91 Å². The molecule has 0 spiro atoms. The highest BCUT2D eigenvalue weighted by Gasteiger charge is 2.34. The molecular formula is C28H36N4O5. The number of amides is 2. The van der Waals surface area contributed by atoms with Crippen LogP contribution in [0.25, 0.3) is 0 Å². The maximum absolute atomic E-state index is 13.7. The minimum atomic E-state index is -0.270. The van der Waals surface area contributed by atoms with E-state index in [1.54, 1.807) is 24.1 Å². The van der Waals surface area contributed by atoms with E-state index in [1.807, 2.05) is 55.5 Å². The minimum Gasteiger partial charge on any atom is -0.497 e. The van der Waals surface area contributed by atoms with Crippen LogP contribution in [0.3, 0.4) is 0 Å². The molecule has 2 heterocycles.